The van der Waals surface area contributed by atoms with Gasteiger partial charge in [0.1, 0.15) is 12.4 Å². The topological polar surface area (TPSA) is 68.8 Å². The van der Waals surface area contributed by atoms with Crippen LogP contribution in [0.2, 0.25) is 0 Å². The third-order valence-electron chi connectivity index (χ3n) is 4.67. The van der Waals surface area contributed by atoms with Crippen molar-refractivity contribution in [2.24, 2.45) is 0 Å². The average molecular weight is 340 g/mol. The molecule has 0 radical (unpaired) electrons. The SMILES string of the molecule is Cc1ccc2c(c1C)OCC2NC(=O)NCc1ccc2c(c1)OCO2. The Bertz CT molecular complexity index is 834. The number of urea groups is 1. The van der Waals surface area contributed by atoms with Crippen molar-refractivity contribution in [3.05, 3.63) is 52.6 Å². The Kier molecular flexibility index (Phi) is 3.87. The summed E-state index contributed by atoms with van der Waals surface area (Å²) in [5, 5.41) is 5.85. The number of amides is 2. The molecular formula is C19H20N2O4. The molecule has 0 aromatic heterocycles. The third-order valence-corrected chi connectivity index (χ3v) is 4.67. The maximum atomic E-state index is 12.2. The molecule has 0 saturated heterocycles. The number of ether oxygens (including phenoxy) is 3. The van der Waals surface area contributed by atoms with E-state index in [1.54, 1.807) is 0 Å². The summed E-state index contributed by atoms with van der Waals surface area (Å²) in [7, 11) is 0. The van der Waals surface area contributed by atoms with Gasteiger partial charge in [0.15, 0.2) is 11.5 Å². The molecule has 1 atom stereocenters. The fraction of sp³-hybridized carbons (Fsp3) is 0.316. The summed E-state index contributed by atoms with van der Waals surface area (Å²) < 4.78 is 16.4. The van der Waals surface area contributed by atoms with Crippen molar-refractivity contribution in [2.75, 3.05) is 13.4 Å². The summed E-state index contributed by atoms with van der Waals surface area (Å²) in [5.74, 6) is 2.34. The molecule has 2 aromatic rings. The first kappa shape index (κ1) is 15.6. The van der Waals surface area contributed by atoms with Gasteiger partial charge in [-0.3, -0.25) is 0 Å². The summed E-state index contributed by atoms with van der Waals surface area (Å²) >= 11 is 0. The molecule has 1 unspecified atom stereocenters. The second-order valence-corrected chi connectivity index (χ2v) is 6.30. The molecule has 0 saturated carbocycles. The lowest BCUT2D eigenvalue weighted by Crippen LogP contribution is -2.38. The lowest BCUT2D eigenvalue weighted by Gasteiger charge is -2.13. The summed E-state index contributed by atoms with van der Waals surface area (Å²) in [4.78, 5) is 12.2. The highest BCUT2D eigenvalue weighted by Gasteiger charge is 2.27. The molecule has 130 valence electrons. The van der Waals surface area contributed by atoms with Crippen LogP contribution in [0.25, 0.3) is 0 Å². The van der Waals surface area contributed by atoms with E-state index < -0.39 is 0 Å². The predicted octanol–water partition coefficient (Wildman–Crippen LogP) is 2.97. The van der Waals surface area contributed by atoms with Crippen molar-refractivity contribution < 1.29 is 19.0 Å². The molecule has 6 heteroatoms. The van der Waals surface area contributed by atoms with Crippen LogP contribution in [0.5, 0.6) is 17.2 Å². The zero-order valence-corrected chi connectivity index (χ0v) is 14.2. The van der Waals surface area contributed by atoms with Gasteiger partial charge in [-0.2, -0.15) is 0 Å². The molecule has 2 N–H and O–H groups in total. The summed E-state index contributed by atoms with van der Waals surface area (Å²) in [5.41, 5.74) is 4.30. The van der Waals surface area contributed by atoms with Gasteiger partial charge in [-0.1, -0.05) is 18.2 Å². The van der Waals surface area contributed by atoms with E-state index in [9.17, 15) is 4.79 Å². The Balaban J connectivity index is 1.37. The second kappa shape index (κ2) is 6.20. The van der Waals surface area contributed by atoms with Crippen molar-refractivity contribution in [3.8, 4) is 17.2 Å². The first-order valence-electron chi connectivity index (χ1n) is 8.27. The Morgan fingerprint density at radius 3 is 2.84 bits per heavy atom. The first-order valence-corrected chi connectivity index (χ1v) is 8.27. The molecule has 2 aliphatic rings. The molecule has 0 spiro atoms. The maximum absolute atomic E-state index is 12.2. The number of benzene rings is 2. The van der Waals surface area contributed by atoms with Gasteiger partial charge in [0.2, 0.25) is 6.79 Å². The van der Waals surface area contributed by atoms with Crippen LogP contribution in [0.15, 0.2) is 30.3 Å². The monoisotopic (exact) mass is 340 g/mol. The quantitative estimate of drug-likeness (QED) is 0.901. The molecule has 0 bridgehead atoms. The van der Waals surface area contributed by atoms with Crippen molar-refractivity contribution in [2.45, 2.75) is 26.4 Å². The molecule has 25 heavy (non-hydrogen) atoms. The fourth-order valence-electron chi connectivity index (χ4n) is 3.10. The molecule has 0 aliphatic carbocycles. The van der Waals surface area contributed by atoms with E-state index in [2.05, 4.69) is 23.6 Å². The molecule has 2 amide bonds. The van der Waals surface area contributed by atoms with Crippen molar-refractivity contribution >= 4 is 6.03 Å². The Hall–Kier alpha value is -2.89. The van der Waals surface area contributed by atoms with Gasteiger partial charge < -0.3 is 24.8 Å². The van der Waals surface area contributed by atoms with Crippen LogP contribution in [-0.2, 0) is 6.54 Å². The molecule has 0 fully saturated rings. The maximum Gasteiger partial charge on any atom is 0.315 e. The minimum absolute atomic E-state index is 0.133. The van der Waals surface area contributed by atoms with Gasteiger partial charge in [-0.25, -0.2) is 4.79 Å². The van der Waals surface area contributed by atoms with Gasteiger partial charge in [-0.15, -0.1) is 0 Å². The lowest BCUT2D eigenvalue weighted by molar-refractivity contribution is 0.174. The molecule has 2 aliphatic heterocycles. The van der Waals surface area contributed by atoms with Crippen LogP contribution in [0.1, 0.15) is 28.3 Å². The van der Waals surface area contributed by atoms with Crippen molar-refractivity contribution in [1.82, 2.24) is 10.6 Å². The highest BCUT2D eigenvalue weighted by atomic mass is 16.7. The smallest absolute Gasteiger partial charge is 0.315 e. The Morgan fingerprint density at radius 1 is 1.12 bits per heavy atom. The summed E-state index contributed by atoms with van der Waals surface area (Å²) in [6.07, 6.45) is 0. The normalized spacial score (nSPS) is 17.0. The molecular weight excluding hydrogens is 320 g/mol. The standard InChI is InChI=1S/C19H20N2O4/c1-11-3-5-14-15(9-23-18(14)12(11)2)21-19(22)20-8-13-4-6-16-17(7-13)25-10-24-16/h3-7,15H,8-10H2,1-2H3,(H2,20,21,22). The van der Waals surface area contributed by atoms with Gasteiger partial charge >= 0.3 is 6.03 Å². The van der Waals surface area contributed by atoms with Crippen LogP contribution in [0.4, 0.5) is 4.79 Å². The van der Waals surface area contributed by atoms with Gasteiger partial charge in [0.25, 0.3) is 0 Å². The molecule has 2 aromatic carbocycles. The van der Waals surface area contributed by atoms with E-state index in [1.165, 1.54) is 5.56 Å². The molecule has 2 heterocycles. The number of carbonyl (C=O) groups is 1. The minimum Gasteiger partial charge on any atom is -0.490 e. The Labute approximate surface area is 146 Å². The zero-order chi connectivity index (χ0) is 17.4. The van der Waals surface area contributed by atoms with E-state index in [4.69, 9.17) is 14.2 Å². The van der Waals surface area contributed by atoms with Crippen molar-refractivity contribution in [1.29, 1.82) is 0 Å². The number of nitrogens with one attached hydrogen (secondary N) is 2. The van der Waals surface area contributed by atoms with E-state index in [0.29, 0.717) is 18.9 Å². The molecule has 6 nitrogen and oxygen atoms in total. The summed E-state index contributed by atoms with van der Waals surface area (Å²) in [6.45, 7) is 5.20. The van der Waals surface area contributed by atoms with Gasteiger partial charge in [0.05, 0.1) is 6.04 Å². The van der Waals surface area contributed by atoms with Gasteiger partial charge in [-0.05, 0) is 42.7 Å². The lowest BCUT2D eigenvalue weighted by atomic mass is 10.0. The predicted molar refractivity (Wildman–Crippen MR) is 92.1 cm³/mol. The largest absolute Gasteiger partial charge is 0.490 e. The van der Waals surface area contributed by atoms with E-state index in [-0.39, 0.29) is 18.9 Å². The number of aryl methyl sites for hydroxylation is 1. The highest BCUT2D eigenvalue weighted by Crippen LogP contribution is 2.36. The zero-order valence-electron chi connectivity index (χ0n) is 14.2. The molecule has 4 rings (SSSR count). The van der Waals surface area contributed by atoms with Crippen molar-refractivity contribution in [3.63, 3.8) is 0 Å². The first-order chi connectivity index (χ1) is 12.1. The second-order valence-electron chi connectivity index (χ2n) is 6.30. The van der Waals surface area contributed by atoms with E-state index in [1.807, 2.05) is 31.2 Å². The van der Waals surface area contributed by atoms with Crippen LogP contribution in [0, 0.1) is 13.8 Å². The average Bonchev–Trinajstić information content (AvgIpc) is 3.23. The summed E-state index contributed by atoms with van der Waals surface area (Å²) in [6, 6.07) is 9.36. The van der Waals surface area contributed by atoms with Crippen LogP contribution in [-0.4, -0.2) is 19.4 Å². The van der Waals surface area contributed by atoms with Crippen LogP contribution < -0.4 is 24.8 Å². The third kappa shape index (κ3) is 2.95. The number of fused-ring (bicyclic) bond motifs is 2. The minimum atomic E-state index is -0.225. The van der Waals surface area contributed by atoms with E-state index in [0.717, 1.165) is 28.2 Å². The number of hydrogen-bond donors (Lipinski definition) is 2. The number of carbonyl (C=O) groups excluding carboxylic acids is 1. The van der Waals surface area contributed by atoms with Crippen LogP contribution >= 0.6 is 0 Å². The highest BCUT2D eigenvalue weighted by molar-refractivity contribution is 5.75. The number of hydrogen-bond acceptors (Lipinski definition) is 4. The van der Waals surface area contributed by atoms with Crippen LogP contribution in [0.3, 0.4) is 0 Å². The number of rotatable bonds is 3. The van der Waals surface area contributed by atoms with Gasteiger partial charge in [0, 0.05) is 12.1 Å². The van der Waals surface area contributed by atoms with E-state index >= 15 is 0 Å². The Morgan fingerprint density at radius 2 is 1.96 bits per heavy atom. The fourth-order valence-corrected chi connectivity index (χ4v) is 3.10.